The van der Waals surface area contributed by atoms with E-state index in [0.29, 0.717) is 0 Å². The third kappa shape index (κ3) is 6.05. The summed E-state index contributed by atoms with van der Waals surface area (Å²) in [6.45, 7) is -0.528. The topological polar surface area (TPSA) is 116 Å². The molecular weight excluding hydrogens is 200 g/mol. The normalized spacial score (nSPS) is 10.8. The minimum absolute atomic E-state index is 0.528. The van der Waals surface area contributed by atoms with Crippen LogP contribution in [0.3, 0.4) is 0 Å². The van der Waals surface area contributed by atoms with Crippen LogP contribution in [-0.2, 0) is 24.3 Å². The maximum atomic E-state index is 10.9. The van der Waals surface area contributed by atoms with Gasteiger partial charge in [0.1, 0.15) is 0 Å². The highest BCUT2D eigenvalue weighted by Gasteiger charge is 2.16. The monoisotopic (exact) mass is 210 g/mol. The van der Waals surface area contributed by atoms with Gasteiger partial charge >= 0.3 is 5.97 Å². The Labute approximate surface area is 75.3 Å². The largest absolute Gasteiger partial charge is 0.468 e. The van der Waals surface area contributed by atoms with Gasteiger partial charge in [-0.1, -0.05) is 0 Å². The maximum Gasteiger partial charge on any atom is 0.322 e. The molecule has 0 aliphatic heterocycles. The van der Waals surface area contributed by atoms with Gasteiger partial charge in [-0.2, -0.15) is 0 Å². The van der Waals surface area contributed by atoms with E-state index >= 15 is 0 Å². The molecule has 3 N–H and O–H groups in total. The molecule has 8 heteroatoms. The Morgan fingerprint density at radius 1 is 1.46 bits per heavy atom. The van der Waals surface area contributed by atoms with Crippen LogP contribution >= 0.6 is 0 Å². The van der Waals surface area contributed by atoms with Gasteiger partial charge in [-0.15, -0.1) is 0 Å². The zero-order chi connectivity index (χ0) is 10.5. The van der Waals surface area contributed by atoms with E-state index in [0.717, 1.165) is 7.11 Å². The van der Waals surface area contributed by atoms with Crippen molar-refractivity contribution in [2.45, 2.75) is 0 Å². The Kier molecular flexibility index (Phi) is 4.35. The first-order valence-corrected chi connectivity index (χ1v) is 4.85. The van der Waals surface area contributed by atoms with Crippen molar-refractivity contribution in [1.29, 1.82) is 0 Å². The third-order valence-electron chi connectivity index (χ3n) is 1.00. The fourth-order valence-electron chi connectivity index (χ4n) is 0.446. The second kappa shape index (κ2) is 4.77. The predicted molar refractivity (Wildman–Crippen MR) is 43.0 cm³/mol. The number of carbonyl (C=O) groups is 2. The lowest BCUT2D eigenvalue weighted by molar-refractivity contribution is -0.137. The summed E-state index contributed by atoms with van der Waals surface area (Å²) in [5, 5.41) is 0. The Morgan fingerprint density at radius 3 is 2.38 bits per heavy atom. The summed E-state index contributed by atoms with van der Waals surface area (Å²) >= 11 is 0. The Bertz CT molecular complexity index is 296. The molecule has 0 unspecified atom stereocenters. The highest BCUT2D eigenvalue weighted by atomic mass is 32.2. The summed E-state index contributed by atoms with van der Waals surface area (Å²) < 4.78 is 27.7. The first kappa shape index (κ1) is 11.8. The second-order valence-corrected chi connectivity index (χ2v) is 3.93. The fraction of sp³-hybridized carbons (Fsp3) is 0.600. The number of nitrogens with two attached hydrogens (primary N) is 1. The van der Waals surface area contributed by atoms with Gasteiger partial charge < -0.3 is 10.5 Å². The van der Waals surface area contributed by atoms with E-state index < -0.39 is 34.2 Å². The van der Waals surface area contributed by atoms with Gasteiger partial charge in [0.2, 0.25) is 15.9 Å². The molecule has 1 amide bonds. The molecule has 0 rings (SSSR count). The number of esters is 1. The van der Waals surface area contributed by atoms with E-state index in [4.69, 9.17) is 0 Å². The molecule has 0 spiro atoms. The van der Waals surface area contributed by atoms with Crippen molar-refractivity contribution in [2.24, 2.45) is 5.73 Å². The van der Waals surface area contributed by atoms with E-state index in [1.54, 1.807) is 0 Å². The van der Waals surface area contributed by atoms with Gasteiger partial charge in [-0.25, -0.2) is 13.1 Å². The minimum atomic E-state index is -3.81. The van der Waals surface area contributed by atoms with E-state index in [1.807, 2.05) is 4.72 Å². The molecule has 0 aliphatic rings. The molecule has 0 aromatic heterocycles. The first-order chi connectivity index (χ1) is 5.87. The zero-order valence-electron chi connectivity index (χ0n) is 6.94. The van der Waals surface area contributed by atoms with Gasteiger partial charge in [-0.3, -0.25) is 9.59 Å². The van der Waals surface area contributed by atoms with Crippen LogP contribution in [0.25, 0.3) is 0 Å². The summed E-state index contributed by atoms with van der Waals surface area (Å²) in [5.74, 6) is -2.55. The quantitative estimate of drug-likeness (QED) is 0.489. The SMILES string of the molecule is COC(=O)CS(=O)(=O)NCC(N)=O. The number of amides is 1. The average molecular weight is 210 g/mol. The van der Waals surface area contributed by atoms with E-state index in [-0.39, 0.29) is 0 Å². The summed E-state index contributed by atoms with van der Waals surface area (Å²) in [6, 6.07) is 0. The van der Waals surface area contributed by atoms with Gasteiger partial charge in [0.15, 0.2) is 5.75 Å². The number of primary amides is 1. The molecule has 0 heterocycles. The molecule has 0 saturated heterocycles. The van der Waals surface area contributed by atoms with Gasteiger partial charge in [-0.05, 0) is 0 Å². The molecule has 13 heavy (non-hydrogen) atoms. The molecule has 7 nitrogen and oxygen atoms in total. The van der Waals surface area contributed by atoms with E-state index in [9.17, 15) is 18.0 Å². The van der Waals surface area contributed by atoms with Crippen LogP contribution in [0.4, 0.5) is 0 Å². The molecule has 0 aliphatic carbocycles. The number of carbonyl (C=O) groups excluding carboxylic acids is 2. The van der Waals surface area contributed by atoms with Crippen molar-refractivity contribution in [3.63, 3.8) is 0 Å². The summed E-state index contributed by atoms with van der Waals surface area (Å²) in [5.41, 5.74) is 4.68. The molecule has 76 valence electrons. The van der Waals surface area contributed by atoms with Crippen LogP contribution in [0.15, 0.2) is 0 Å². The van der Waals surface area contributed by atoms with Crippen molar-refractivity contribution < 1.29 is 22.7 Å². The van der Waals surface area contributed by atoms with Gasteiger partial charge in [0.05, 0.1) is 13.7 Å². The lowest BCUT2D eigenvalue weighted by atomic mass is 10.7. The number of rotatable bonds is 5. The number of hydrogen-bond donors (Lipinski definition) is 2. The Morgan fingerprint density at radius 2 is 2.00 bits per heavy atom. The number of ether oxygens (including phenoxy) is 1. The lowest BCUT2D eigenvalue weighted by Gasteiger charge is -2.02. The first-order valence-electron chi connectivity index (χ1n) is 3.20. The van der Waals surface area contributed by atoms with Gasteiger partial charge in [0, 0.05) is 0 Å². The standard InChI is InChI=1S/C5H10N2O5S/c1-12-5(9)3-13(10,11)7-2-4(6)8/h7H,2-3H2,1H3,(H2,6,8). The van der Waals surface area contributed by atoms with Crippen LogP contribution in [0.2, 0.25) is 0 Å². The second-order valence-electron chi connectivity index (χ2n) is 2.12. The van der Waals surface area contributed by atoms with Crippen molar-refractivity contribution in [3.8, 4) is 0 Å². The van der Waals surface area contributed by atoms with Crippen LogP contribution < -0.4 is 10.5 Å². The van der Waals surface area contributed by atoms with Crippen molar-refractivity contribution in [3.05, 3.63) is 0 Å². The number of methoxy groups -OCH3 is 1. The fourth-order valence-corrected chi connectivity index (χ4v) is 1.34. The number of hydrogen-bond acceptors (Lipinski definition) is 5. The van der Waals surface area contributed by atoms with Crippen molar-refractivity contribution in [1.82, 2.24) is 4.72 Å². The van der Waals surface area contributed by atoms with Crippen LogP contribution in [0.1, 0.15) is 0 Å². The highest BCUT2D eigenvalue weighted by Crippen LogP contribution is 1.85. The van der Waals surface area contributed by atoms with Crippen LogP contribution in [-0.4, -0.2) is 39.7 Å². The lowest BCUT2D eigenvalue weighted by Crippen LogP contribution is -2.36. The number of nitrogens with one attached hydrogen (secondary N) is 1. The van der Waals surface area contributed by atoms with Crippen LogP contribution in [0, 0.1) is 0 Å². The molecular formula is C5H10N2O5S. The zero-order valence-corrected chi connectivity index (χ0v) is 7.76. The average Bonchev–Trinajstić information content (AvgIpc) is 2.00. The number of sulfonamides is 1. The predicted octanol–water partition coefficient (Wildman–Crippen LogP) is -2.44. The summed E-state index contributed by atoms with van der Waals surface area (Å²) in [4.78, 5) is 20.7. The smallest absolute Gasteiger partial charge is 0.322 e. The molecule has 0 radical (unpaired) electrons. The van der Waals surface area contributed by atoms with Crippen molar-refractivity contribution in [2.75, 3.05) is 19.4 Å². The Balaban J connectivity index is 4.10. The summed E-state index contributed by atoms with van der Waals surface area (Å²) in [7, 11) is -2.75. The molecule has 0 saturated carbocycles. The Hall–Kier alpha value is -1.15. The minimum Gasteiger partial charge on any atom is -0.468 e. The van der Waals surface area contributed by atoms with Gasteiger partial charge in [0.25, 0.3) is 0 Å². The third-order valence-corrected chi connectivity index (χ3v) is 2.20. The molecule has 0 fully saturated rings. The summed E-state index contributed by atoms with van der Waals surface area (Å²) in [6.07, 6.45) is 0. The van der Waals surface area contributed by atoms with E-state index in [1.165, 1.54) is 0 Å². The van der Waals surface area contributed by atoms with Crippen LogP contribution in [0.5, 0.6) is 0 Å². The molecule has 0 bridgehead atoms. The molecule has 0 aromatic rings. The highest BCUT2D eigenvalue weighted by molar-refractivity contribution is 7.90. The van der Waals surface area contributed by atoms with Crippen molar-refractivity contribution >= 4 is 21.9 Å². The molecule has 0 atom stereocenters. The van der Waals surface area contributed by atoms with E-state index in [2.05, 4.69) is 10.5 Å². The maximum absolute atomic E-state index is 10.9. The molecule has 0 aromatic carbocycles.